The second-order valence-electron chi connectivity index (χ2n) is 9.61. The molecule has 2 fully saturated rings. The Labute approximate surface area is 198 Å². The van der Waals surface area contributed by atoms with Gasteiger partial charge in [-0.3, -0.25) is 9.69 Å². The molecule has 3 atom stereocenters. The first kappa shape index (κ1) is 22.3. The SMILES string of the molecule is Cc1ccc(-c2nc([C@H](C(C)c3ccccc3)N3C(=O)N[C@H](CC4CC4)C3=O)[nH]c2C)c(F)c1. The number of aryl methyl sites for hydroxylation is 2. The lowest BCUT2D eigenvalue weighted by atomic mass is 9.91. The molecular formula is C27H29FN4O2. The summed E-state index contributed by atoms with van der Waals surface area (Å²) in [4.78, 5) is 35.9. The third kappa shape index (κ3) is 4.11. The zero-order chi connectivity index (χ0) is 24.0. The number of hydrogen-bond donors (Lipinski definition) is 2. The molecule has 2 N–H and O–H groups in total. The molecule has 5 rings (SSSR count). The van der Waals surface area contributed by atoms with Crippen molar-refractivity contribution in [3.05, 3.63) is 77.0 Å². The van der Waals surface area contributed by atoms with E-state index in [9.17, 15) is 14.0 Å². The number of nitrogens with one attached hydrogen (secondary N) is 2. The molecule has 3 aromatic rings. The van der Waals surface area contributed by atoms with Crippen molar-refractivity contribution in [1.29, 1.82) is 0 Å². The molecule has 0 bridgehead atoms. The second-order valence-corrected chi connectivity index (χ2v) is 9.61. The van der Waals surface area contributed by atoms with Crippen LogP contribution in [-0.4, -0.2) is 32.8 Å². The van der Waals surface area contributed by atoms with Crippen LogP contribution >= 0.6 is 0 Å². The van der Waals surface area contributed by atoms with E-state index in [1.807, 2.05) is 57.2 Å². The predicted octanol–water partition coefficient (Wildman–Crippen LogP) is 5.40. The van der Waals surface area contributed by atoms with Gasteiger partial charge in [0, 0.05) is 17.2 Å². The van der Waals surface area contributed by atoms with Crippen molar-refractivity contribution in [2.24, 2.45) is 5.92 Å². The number of aromatic nitrogens is 2. The average Bonchev–Trinajstić information content (AvgIpc) is 3.50. The van der Waals surface area contributed by atoms with Crippen LogP contribution in [0.4, 0.5) is 9.18 Å². The van der Waals surface area contributed by atoms with E-state index >= 15 is 0 Å². The molecule has 0 radical (unpaired) electrons. The number of hydrogen-bond acceptors (Lipinski definition) is 3. The van der Waals surface area contributed by atoms with E-state index < -0.39 is 18.1 Å². The number of carbonyl (C=O) groups is 2. The van der Waals surface area contributed by atoms with Crippen LogP contribution in [0.1, 0.15) is 60.8 Å². The number of imidazole rings is 1. The monoisotopic (exact) mass is 460 g/mol. The minimum absolute atomic E-state index is 0.221. The van der Waals surface area contributed by atoms with E-state index in [0.29, 0.717) is 35.1 Å². The van der Waals surface area contributed by atoms with Gasteiger partial charge in [0.2, 0.25) is 0 Å². The molecule has 1 unspecified atom stereocenters. The Morgan fingerprint density at radius 3 is 2.53 bits per heavy atom. The molecular weight excluding hydrogens is 431 g/mol. The quantitative estimate of drug-likeness (QED) is 0.464. The van der Waals surface area contributed by atoms with Gasteiger partial charge in [0.15, 0.2) is 0 Å². The van der Waals surface area contributed by atoms with Gasteiger partial charge in [-0.15, -0.1) is 0 Å². The summed E-state index contributed by atoms with van der Waals surface area (Å²) in [6.07, 6.45) is 2.88. The lowest BCUT2D eigenvalue weighted by Gasteiger charge is -2.29. The Bertz CT molecular complexity index is 1230. The van der Waals surface area contributed by atoms with Crippen LogP contribution in [0.3, 0.4) is 0 Å². The third-order valence-electron chi connectivity index (χ3n) is 6.96. The lowest BCUT2D eigenvalue weighted by Crippen LogP contribution is -2.38. The molecule has 1 saturated heterocycles. The number of imide groups is 1. The number of H-pyrrole nitrogens is 1. The first-order valence-corrected chi connectivity index (χ1v) is 11.8. The summed E-state index contributed by atoms with van der Waals surface area (Å²) in [7, 11) is 0. The number of carbonyl (C=O) groups excluding carboxylic acids is 2. The van der Waals surface area contributed by atoms with Crippen molar-refractivity contribution in [1.82, 2.24) is 20.2 Å². The van der Waals surface area contributed by atoms with Crippen LogP contribution in [0.15, 0.2) is 48.5 Å². The smallest absolute Gasteiger partial charge is 0.325 e. The molecule has 3 amide bonds. The van der Waals surface area contributed by atoms with Crippen LogP contribution in [0.25, 0.3) is 11.3 Å². The van der Waals surface area contributed by atoms with Crippen LogP contribution < -0.4 is 5.32 Å². The number of aromatic amines is 1. The maximum absolute atomic E-state index is 14.8. The van der Waals surface area contributed by atoms with Crippen molar-refractivity contribution in [3.63, 3.8) is 0 Å². The topological polar surface area (TPSA) is 78.1 Å². The van der Waals surface area contributed by atoms with Gasteiger partial charge in [0.05, 0.1) is 5.69 Å². The first-order valence-electron chi connectivity index (χ1n) is 11.8. The van der Waals surface area contributed by atoms with Gasteiger partial charge in [-0.2, -0.15) is 0 Å². The van der Waals surface area contributed by atoms with E-state index in [-0.39, 0.29) is 17.6 Å². The zero-order valence-corrected chi connectivity index (χ0v) is 19.6. The van der Waals surface area contributed by atoms with Crippen LogP contribution in [-0.2, 0) is 4.79 Å². The molecule has 2 heterocycles. The Kier molecular flexibility index (Phi) is 5.71. The molecule has 2 aliphatic rings. The van der Waals surface area contributed by atoms with Gasteiger partial charge >= 0.3 is 6.03 Å². The minimum Gasteiger partial charge on any atom is -0.344 e. The number of benzene rings is 2. The summed E-state index contributed by atoms with van der Waals surface area (Å²) in [5, 5.41) is 2.89. The molecule has 1 aliphatic heterocycles. The maximum atomic E-state index is 14.8. The molecule has 34 heavy (non-hydrogen) atoms. The third-order valence-corrected chi connectivity index (χ3v) is 6.96. The molecule has 176 valence electrons. The maximum Gasteiger partial charge on any atom is 0.325 e. The van der Waals surface area contributed by atoms with Gasteiger partial charge < -0.3 is 10.3 Å². The zero-order valence-electron chi connectivity index (χ0n) is 19.6. The highest BCUT2D eigenvalue weighted by molar-refractivity contribution is 6.04. The van der Waals surface area contributed by atoms with Crippen molar-refractivity contribution >= 4 is 11.9 Å². The largest absolute Gasteiger partial charge is 0.344 e. The standard InChI is InChI=1S/C27H29FN4O2/c1-15-9-12-20(21(28)13-15)23-17(3)29-25(31-23)24(16(2)19-7-5-4-6-8-19)32-26(33)22(30-27(32)34)14-18-10-11-18/h4-9,12-13,16,18,22,24H,10-11,14H2,1-3H3,(H,29,31)(H,30,34)/t16?,22-,24+/m1/s1. The Balaban J connectivity index is 1.56. The van der Waals surface area contributed by atoms with E-state index in [0.717, 1.165) is 24.0 Å². The van der Waals surface area contributed by atoms with Crippen LogP contribution in [0.2, 0.25) is 0 Å². The van der Waals surface area contributed by atoms with Crippen molar-refractivity contribution in [2.75, 3.05) is 0 Å². The second kappa shape index (κ2) is 8.70. The summed E-state index contributed by atoms with van der Waals surface area (Å²) in [5.41, 5.74) is 3.37. The van der Waals surface area contributed by atoms with Crippen molar-refractivity contribution < 1.29 is 14.0 Å². The van der Waals surface area contributed by atoms with Crippen LogP contribution in [0.5, 0.6) is 0 Å². The fraction of sp³-hybridized carbons (Fsp3) is 0.370. The Morgan fingerprint density at radius 1 is 1.12 bits per heavy atom. The summed E-state index contributed by atoms with van der Waals surface area (Å²) in [6.45, 7) is 5.65. The molecule has 7 heteroatoms. The van der Waals surface area contributed by atoms with Gasteiger partial charge in [-0.1, -0.05) is 56.2 Å². The average molecular weight is 461 g/mol. The molecule has 1 saturated carbocycles. The number of halogens is 1. The minimum atomic E-state index is -0.653. The number of nitrogens with zero attached hydrogens (tertiary/aromatic N) is 2. The lowest BCUT2D eigenvalue weighted by molar-refractivity contribution is -0.129. The highest BCUT2D eigenvalue weighted by Gasteiger charge is 2.47. The predicted molar refractivity (Wildman–Crippen MR) is 128 cm³/mol. The van der Waals surface area contributed by atoms with E-state index in [2.05, 4.69) is 10.3 Å². The van der Waals surface area contributed by atoms with E-state index in [4.69, 9.17) is 4.98 Å². The summed E-state index contributed by atoms with van der Waals surface area (Å²) in [5.74, 6) is 0.174. The summed E-state index contributed by atoms with van der Waals surface area (Å²) in [6, 6.07) is 13.2. The fourth-order valence-electron chi connectivity index (χ4n) is 4.88. The van der Waals surface area contributed by atoms with Crippen molar-refractivity contribution in [2.45, 2.75) is 58.0 Å². The summed E-state index contributed by atoms with van der Waals surface area (Å²) < 4.78 is 14.8. The molecule has 1 aromatic heterocycles. The van der Waals surface area contributed by atoms with Gasteiger partial charge in [0.25, 0.3) is 5.91 Å². The van der Waals surface area contributed by atoms with Gasteiger partial charge in [-0.25, -0.2) is 14.2 Å². The van der Waals surface area contributed by atoms with E-state index in [1.54, 1.807) is 6.07 Å². The fourth-order valence-corrected chi connectivity index (χ4v) is 4.88. The molecule has 2 aromatic carbocycles. The Hall–Kier alpha value is -3.48. The van der Waals surface area contributed by atoms with Gasteiger partial charge in [0.1, 0.15) is 23.7 Å². The highest BCUT2D eigenvalue weighted by Crippen LogP contribution is 2.40. The molecule has 6 nitrogen and oxygen atoms in total. The van der Waals surface area contributed by atoms with Crippen LogP contribution in [0, 0.1) is 25.6 Å². The molecule has 1 aliphatic carbocycles. The molecule has 0 spiro atoms. The number of urea groups is 1. The number of rotatable bonds is 7. The van der Waals surface area contributed by atoms with Crippen molar-refractivity contribution in [3.8, 4) is 11.3 Å². The first-order chi connectivity index (χ1) is 16.3. The van der Waals surface area contributed by atoms with Gasteiger partial charge in [-0.05, 0) is 49.4 Å². The Morgan fingerprint density at radius 2 is 1.85 bits per heavy atom. The highest BCUT2D eigenvalue weighted by atomic mass is 19.1. The normalized spacial score (nSPS) is 19.9. The summed E-state index contributed by atoms with van der Waals surface area (Å²) >= 11 is 0. The van der Waals surface area contributed by atoms with E-state index in [1.165, 1.54) is 11.0 Å². The number of amides is 3.